The first-order chi connectivity index (χ1) is 19.1. The summed E-state index contributed by atoms with van der Waals surface area (Å²) in [6.07, 6.45) is -1.60. The summed E-state index contributed by atoms with van der Waals surface area (Å²) in [6.45, 7) is 4.52. The van der Waals surface area contributed by atoms with Crippen LogP contribution in [-0.2, 0) is 25.9 Å². The molecule has 2 fully saturated rings. The van der Waals surface area contributed by atoms with Crippen LogP contribution in [0.2, 0.25) is 0 Å². The largest absolute Gasteiger partial charge is 0.497 e. The first-order valence-electron chi connectivity index (χ1n) is 13.7. The molecule has 4 rings (SSSR count). The minimum absolute atomic E-state index is 0.0322. The minimum Gasteiger partial charge on any atom is -0.497 e. The number of hydrogen-bond acceptors (Lipinski definition) is 7. The normalized spacial score (nSPS) is 22.6. The smallest absolute Gasteiger partial charge is 0.407 e. The lowest BCUT2D eigenvalue weighted by atomic mass is 9.88. The van der Waals surface area contributed by atoms with Crippen molar-refractivity contribution in [3.8, 4) is 5.75 Å². The van der Waals surface area contributed by atoms with E-state index < -0.39 is 40.6 Å². The maximum Gasteiger partial charge on any atom is 0.407 e. The van der Waals surface area contributed by atoms with Crippen LogP contribution in [0.4, 0.5) is 4.79 Å². The van der Waals surface area contributed by atoms with Crippen molar-refractivity contribution in [3.63, 3.8) is 0 Å². The Balaban J connectivity index is 1.68. The Morgan fingerprint density at radius 1 is 1.02 bits per heavy atom. The van der Waals surface area contributed by atoms with Crippen molar-refractivity contribution >= 4 is 16.1 Å². The topological polar surface area (TPSA) is 126 Å². The molecule has 0 bridgehead atoms. The van der Waals surface area contributed by atoms with Crippen molar-refractivity contribution in [2.45, 2.75) is 62.5 Å². The van der Waals surface area contributed by atoms with Crippen molar-refractivity contribution in [3.05, 3.63) is 60.2 Å². The SMILES string of the molecule is COc1ccc(S(=O)(=O)N(CC(C)C)C[C@@H](O)[C@H](Cc2ccccc2)N(C(=O)O)[C@@H]2CCO[C@@H]3OCC[C@@H]32)cc1. The number of rotatable bonds is 12. The fourth-order valence-corrected chi connectivity index (χ4v) is 7.32. The number of aliphatic hydroxyl groups is 1. The summed E-state index contributed by atoms with van der Waals surface area (Å²) in [5.74, 6) is 0.334. The highest BCUT2D eigenvalue weighted by atomic mass is 32.2. The van der Waals surface area contributed by atoms with Crippen molar-refractivity contribution in [2.75, 3.05) is 33.4 Å². The number of carbonyl (C=O) groups is 1. The van der Waals surface area contributed by atoms with Gasteiger partial charge >= 0.3 is 6.09 Å². The Bertz CT molecular complexity index is 1210. The average Bonchev–Trinajstić information content (AvgIpc) is 3.42. The maximum absolute atomic E-state index is 13.7. The van der Waals surface area contributed by atoms with E-state index in [1.807, 2.05) is 44.2 Å². The van der Waals surface area contributed by atoms with E-state index in [0.717, 1.165) is 5.56 Å². The van der Waals surface area contributed by atoms with Crippen LogP contribution in [-0.4, -0.2) is 91.8 Å². The number of methoxy groups -OCH3 is 1. The maximum atomic E-state index is 13.7. The van der Waals surface area contributed by atoms with Gasteiger partial charge in [0.25, 0.3) is 0 Å². The van der Waals surface area contributed by atoms with Gasteiger partial charge < -0.3 is 24.4 Å². The van der Waals surface area contributed by atoms with Crippen LogP contribution in [0.1, 0.15) is 32.3 Å². The molecule has 2 heterocycles. The van der Waals surface area contributed by atoms with Gasteiger partial charge in [-0.25, -0.2) is 13.2 Å². The molecule has 220 valence electrons. The summed E-state index contributed by atoms with van der Waals surface area (Å²) < 4.78 is 45.4. The first-order valence-corrected chi connectivity index (χ1v) is 15.2. The van der Waals surface area contributed by atoms with Gasteiger partial charge in [0.15, 0.2) is 6.29 Å². The molecule has 2 aliphatic heterocycles. The number of hydrogen-bond donors (Lipinski definition) is 2. The lowest BCUT2D eigenvalue weighted by Crippen LogP contribution is -2.59. The third kappa shape index (κ3) is 6.95. The van der Waals surface area contributed by atoms with E-state index in [9.17, 15) is 23.4 Å². The third-order valence-electron chi connectivity index (χ3n) is 7.60. The van der Waals surface area contributed by atoms with Crippen LogP contribution in [0.15, 0.2) is 59.5 Å². The zero-order valence-corrected chi connectivity index (χ0v) is 24.1. The van der Waals surface area contributed by atoms with Gasteiger partial charge in [-0.15, -0.1) is 0 Å². The Kier molecular flexibility index (Phi) is 10.1. The summed E-state index contributed by atoms with van der Waals surface area (Å²) in [5, 5.41) is 22.2. The number of sulfonamides is 1. The number of ether oxygens (including phenoxy) is 3. The lowest BCUT2D eigenvalue weighted by Gasteiger charge is -2.44. The molecule has 0 spiro atoms. The molecule has 0 aliphatic carbocycles. The van der Waals surface area contributed by atoms with Crippen molar-refractivity contribution in [2.24, 2.45) is 11.8 Å². The number of benzene rings is 2. The quantitative estimate of drug-likeness (QED) is 0.394. The van der Waals surface area contributed by atoms with Gasteiger partial charge in [0.05, 0.1) is 37.4 Å². The highest BCUT2D eigenvalue weighted by Gasteiger charge is 2.46. The number of carboxylic acid groups (broad SMARTS) is 1. The van der Waals surface area contributed by atoms with E-state index in [0.29, 0.717) is 31.8 Å². The number of fused-ring (bicyclic) bond motifs is 1. The molecule has 10 nitrogen and oxygen atoms in total. The second-order valence-electron chi connectivity index (χ2n) is 10.8. The summed E-state index contributed by atoms with van der Waals surface area (Å²) in [4.78, 5) is 14.3. The van der Waals surface area contributed by atoms with Gasteiger partial charge in [0.2, 0.25) is 10.0 Å². The molecule has 2 N–H and O–H groups in total. The molecule has 5 atom stereocenters. The van der Waals surface area contributed by atoms with Crippen LogP contribution in [0.3, 0.4) is 0 Å². The predicted octanol–water partition coefficient (Wildman–Crippen LogP) is 3.45. The van der Waals surface area contributed by atoms with Gasteiger partial charge in [0, 0.05) is 25.0 Å². The van der Waals surface area contributed by atoms with E-state index in [1.165, 1.54) is 28.4 Å². The molecule has 40 heavy (non-hydrogen) atoms. The Morgan fingerprint density at radius 3 is 2.27 bits per heavy atom. The molecule has 2 aromatic rings. The van der Waals surface area contributed by atoms with Crippen molar-refractivity contribution < 1.29 is 37.6 Å². The Hall–Kier alpha value is -2.70. The predicted molar refractivity (Wildman–Crippen MR) is 149 cm³/mol. The summed E-state index contributed by atoms with van der Waals surface area (Å²) in [7, 11) is -2.49. The van der Waals surface area contributed by atoms with E-state index in [1.54, 1.807) is 12.1 Å². The molecular formula is C29H40N2O8S. The average molecular weight is 577 g/mol. The van der Waals surface area contributed by atoms with E-state index in [4.69, 9.17) is 14.2 Å². The lowest BCUT2D eigenvalue weighted by molar-refractivity contribution is -0.172. The summed E-state index contributed by atoms with van der Waals surface area (Å²) in [5.41, 5.74) is 0.845. The zero-order valence-electron chi connectivity index (χ0n) is 23.3. The van der Waals surface area contributed by atoms with Crippen molar-refractivity contribution in [1.82, 2.24) is 9.21 Å². The van der Waals surface area contributed by atoms with Gasteiger partial charge in [-0.3, -0.25) is 4.90 Å². The van der Waals surface area contributed by atoms with Gasteiger partial charge in [-0.2, -0.15) is 4.31 Å². The van der Waals surface area contributed by atoms with E-state index in [-0.39, 0.29) is 36.2 Å². The Labute approximate surface area is 236 Å². The standard InChI is InChI=1S/C29H40N2O8S/c1-20(2)18-30(40(35,36)23-11-9-22(37-3)10-12-23)19-27(32)26(17-21-7-5-4-6-8-21)31(29(33)34)25-14-16-39-28-24(25)13-15-38-28/h4-12,20,24-28,32H,13-19H2,1-3H3,(H,33,34)/t24-,25-,26+,27-,28+/m1/s1. The molecule has 11 heteroatoms. The van der Waals surface area contributed by atoms with Crippen LogP contribution < -0.4 is 4.74 Å². The summed E-state index contributed by atoms with van der Waals surface area (Å²) in [6, 6.07) is 14.1. The molecule has 0 radical (unpaired) electrons. The van der Waals surface area contributed by atoms with Gasteiger partial charge in [0.1, 0.15) is 5.75 Å². The summed E-state index contributed by atoms with van der Waals surface area (Å²) >= 11 is 0. The van der Waals surface area contributed by atoms with Crippen LogP contribution in [0.5, 0.6) is 5.75 Å². The van der Waals surface area contributed by atoms with Crippen molar-refractivity contribution in [1.29, 1.82) is 0 Å². The monoisotopic (exact) mass is 576 g/mol. The Morgan fingerprint density at radius 2 is 1.68 bits per heavy atom. The molecule has 1 amide bonds. The molecule has 2 aliphatic rings. The molecule has 2 saturated heterocycles. The fourth-order valence-electron chi connectivity index (χ4n) is 5.70. The highest BCUT2D eigenvalue weighted by Crippen LogP contribution is 2.36. The van der Waals surface area contributed by atoms with Gasteiger partial charge in [-0.1, -0.05) is 44.2 Å². The molecule has 2 aromatic carbocycles. The van der Waals surface area contributed by atoms with E-state index >= 15 is 0 Å². The molecule has 0 unspecified atom stereocenters. The highest BCUT2D eigenvalue weighted by molar-refractivity contribution is 7.89. The van der Waals surface area contributed by atoms with E-state index in [2.05, 4.69) is 0 Å². The molecule has 0 saturated carbocycles. The fraction of sp³-hybridized carbons (Fsp3) is 0.552. The first kappa shape index (κ1) is 30.3. The minimum atomic E-state index is -4.00. The number of aliphatic hydroxyl groups excluding tert-OH is 1. The molecular weight excluding hydrogens is 536 g/mol. The number of amides is 1. The second kappa shape index (κ2) is 13.3. The van der Waals surface area contributed by atoms with Gasteiger partial charge in [-0.05, 0) is 55.0 Å². The number of nitrogens with zero attached hydrogens (tertiary/aromatic N) is 2. The second-order valence-corrected chi connectivity index (χ2v) is 12.8. The molecule has 0 aromatic heterocycles. The third-order valence-corrected chi connectivity index (χ3v) is 9.44. The zero-order chi connectivity index (χ0) is 28.9. The van der Waals surface area contributed by atoms with Crippen LogP contribution >= 0.6 is 0 Å². The van der Waals surface area contributed by atoms with Crippen LogP contribution in [0, 0.1) is 11.8 Å². The van der Waals surface area contributed by atoms with Crippen LogP contribution in [0.25, 0.3) is 0 Å².